The Bertz CT molecular complexity index is 975. The van der Waals surface area contributed by atoms with E-state index in [1.807, 2.05) is 48.0 Å². The van der Waals surface area contributed by atoms with Gasteiger partial charge in [0.05, 0.1) is 13.0 Å². The Morgan fingerprint density at radius 1 is 1.19 bits per heavy atom. The molecule has 6 nitrogen and oxygen atoms in total. The molecule has 0 radical (unpaired) electrons. The Morgan fingerprint density at radius 2 is 2.00 bits per heavy atom. The first kappa shape index (κ1) is 18.5. The number of phenols is 1. The third-order valence-corrected chi connectivity index (χ3v) is 4.18. The number of benzene rings is 2. The summed E-state index contributed by atoms with van der Waals surface area (Å²) < 4.78 is 1.96. The number of fused-ring (bicyclic) bond motifs is 1. The van der Waals surface area contributed by atoms with Gasteiger partial charge in [-0.1, -0.05) is 42.4 Å². The van der Waals surface area contributed by atoms with E-state index >= 15 is 0 Å². The molecule has 1 heterocycles. The number of carboxylic acid groups (broad SMARTS) is 1. The first-order valence-corrected chi connectivity index (χ1v) is 8.85. The highest BCUT2D eigenvalue weighted by atomic mass is 16.6. The number of aromatic hydroxyl groups is 1. The van der Waals surface area contributed by atoms with Crippen LogP contribution in [0.1, 0.15) is 24.5 Å². The molecule has 0 fully saturated rings. The Labute approximate surface area is 157 Å². The normalized spacial score (nSPS) is 11.7. The molecule has 1 aromatic heterocycles. The highest BCUT2D eigenvalue weighted by molar-refractivity contribution is 6.01. The molecule has 3 rings (SSSR count). The van der Waals surface area contributed by atoms with Crippen molar-refractivity contribution in [2.45, 2.75) is 26.3 Å². The number of carbonyl (C=O) groups is 1. The van der Waals surface area contributed by atoms with Crippen LogP contribution in [0, 0.1) is 0 Å². The van der Waals surface area contributed by atoms with Gasteiger partial charge >= 0.3 is 5.97 Å². The number of hydrogen-bond donors (Lipinski definition) is 2. The summed E-state index contributed by atoms with van der Waals surface area (Å²) in [5, 5.41) is 24.2. The summed E-state index contributed by atoms with van der Waals surface area (Å²) in [5.74, 6) is -0.717. The van der Waals surface area contributed by atoms with Crippen LogP contribution in [-0.2, 0) is 22.6 Å². The van der Waals surface area contributed by atoms with E-state index in [1.165, 1.54) is 0 Å². The molecule has 2 N–H and O–H groups in total. The van der Waals surface area contributed by atoms with Crippen molar-refractivity contribution in [2.75, 3.05) is 6.61 Å². The molecule has 0 bridgehead atoms. The summed E-state index contributed by atoms with van der Waals surface area (Å²) in [4.78, 5) is 16.6. The number of oxime groups is 1. The summed E-state index contributed by atoms with van der Waals surface area (Å²) >= 11 is 0. The third kappa shape index (κ3) is 4.47. The van der Waals surface area contributed by atoms with Gasteiger partial charge in [0.2, 0.25) is 0 Å². The average molecular weight is 366 g/mol. The van der Waals surface area contributed by atoms with Crippen molar-refractivity contribution >= 4 is 22.6 Å². The Morgan fingerprint density at radius 3 is 2.74 bits per heavy atom. The van der Waals surface area contributed by atoms with Crippen molar-refractivity contribution in [1.29, 1.82) is 0 Å². The lowest BCUT2D eigenvalue weighted by molar-refractivity contribution is -0.136. The molecule has 140 valence electrons. The molecule has 0 amide bonds. The lowest BCUT2D eigenvalue weighted by Gasteiger charge is -2.10. The summed E-state index contributed by atoms with van der Waals surface area (Å²) in [6.45, 7) is 2.90. The molecule has 0 aliphatic carbocycles. The zero-order chi connectivity index (χ0) is 19.2. The number of carboxylic acids is 1. The highest BCUT2D eigenvalue weighted by Gasteiger charge is 2.14. The van der Waals surface area contributed by atoms with E-state index in [0.29, 0.717) is 18.9 Å². The van der Waals surface area contributed by atoms with Crippen molar-refractivity contribution in [2.24, 2.45) is 5.16 Å². The minimum atomic E-state index is -0.869. The number of para-hydroxylation sites is 1. The van der Waals surface area contributed by atoms with Gasteiger partial charge in [-0.25, -0.2) is 0 Å². The monoisotopic (exact) mass is 366 g/mol. The molecule has 0 atom stereocenters. The molecular formula is C21H22N2O4. The van der Waals surface area contributed by atoms with E-state index in [9.17, 15) is 15.0 Å². The molecule has 2 aromatic carbocycles. The van der Waals surface area contributed by atoms with Crippen LogP contribution in [-0.4, -0.2) is 33.1 Å². The van der Waals surface area contributed by atoms with Crippen LogP contribution in [0.25, 0.3) is 10.9 Å². The molecule has 0 spiro atoms. The van der Waals surface area contributed by atoms with Crippen molar-refractivity contribution in [3.05, 3.63) is 65.9 Å². The maximum Gasteiger partial charge on any atom is 0.307 e. The van der Waals surface area contributed by atoms with Crippen LogP contribution in [0.4, 0.5) is 0 Å². The third-order valence-electron chi connectivity index (χ3n) is 4.18. The van der Waals surface area contributed by atoms with Gasteiger partial charge in [-0.3, -0.25) is 4.79 Å². The zero-order valence-electron chi connectivity index (χ0n) is 15.1. The number of hydrogen-bond acceptors (Lipinski definition) is 4. The Kier molecular flexibility index (Phi) is 5.76. The molecule has 3 aromatic rings. The fraction of sp³-hybridized carbons (Fsp3) is 0.238. The largest absolute Gasteiger partial charge is 0.508 e. The van der Waals surface area contributed by atoms with Gasteiger partial charge in [-0.05, 0) is 30.2 Å². The molecule has 0 aliphatic rings. The van der Waals surface area contributed by atoms with E-state index in [4.69, 9.17) is 4.84 Å². The number of aliphatic carboxylic acids is 1. The Balaban J connectivity index is 2.00. The van der Waals surface area contributed by atoms with E-state index in [1.54, 1.807) is 18.2 Å². The van der Waals surface area contributed by atoms with Crippen molar-refractivity contribution in [3.8, 4) is 5.75 Å². The van der Waals surface area contributed by atoms with E-state index < -0.39 is 5.97 Å². The second kappa shape index (κ2) is 8.40. The lowest BCUT2D eigenvalue weighted by atomic mass is 10.1. The highest BCUT2D eigenvalue weighted by Crippen LogP contribution is 2.23. The van der Waals surface area contributed by atoms with Crippen LogP contribution in [0.2, 0.25) is 0 Å². The first-order valence-electron chi connectivity index (χ1n) is 8.85. The van der Waals surface area contributed by atoms with E-state index in [0.717, 1.165) is 28.5 Å². The van der Waals surface area contributed by atoms with Gasteiger partial charge in [-0.2, -0.15) is 0 Å². The molecule has 0 saturated carbocycles. The fourth-order valence-corrected chi connectivity index (χ4v) is 2.99. The smallest absolute Gasteiger partial charge is 0.307 e. The number of rotatable bonds is 8. The van der Waals surface area contributed by atoms with Crippen LogP contribution < -0.4 is 0 Å². The summed E-state index contributed by atoms with van der Waals surface area (Å²) in [6, 6.07) is 14.5. The maximum absolute atomic E-state index is 11.2. The second-order valence-corrected chi connectivity index (χ2v) is 6.29. The van der Waals surface area contributed by atoms with Gasteiger partial charge in [-0.15, -0.1) is 0 Å². The van der Waals surface area contributed by atoms with Gasteiger partial charge < -0.3 is 19.6 Å². The summed E-state index contributed by atoms with van der Waals surface area (Å²) in [5.41, 5.74) is 3.09. The van der Waals surface area contributed by atoms with Gasteiger partial charge in [0.1, 0.15) is 18.1 Å². The standard InChI is InChI=1S/C21H22N2O4/c1-2-10-27-22-19(15-6-5-7-17(24)11-15)14-23-13-16(12-21(25)26)18-8-3-4-9-20(18)23/h3-9,11,13,24H,2,10,12,14H2,1H3,(H,25,26)/b22-19+. The second-order valence-electron chi connectivity index (χ2n) is 6.29. The quantitative estimate of drug-likeness (QED) is 0.361. The molecule has 0 aliphatic heterocycles. The number of aromatic nitrogens is 1. The molecule has 27 heavy (non-hydrogen) atoms. The summed E-state index contributed by atoms with van der Waals surface area (Å²) in [7, 11) is 0. The van der Waals surface area contributed by atoms with Gasteiger partial charge in [0, 0.05) is 22.7 Å². The van der Waals surface area contributed by atoms with Crippen LogP contribution >= 0.6 is 0 Å². The molecule has 6 heteroatoms. The first-order chi connectivity index (χ1) is 13.1. The topological polar surface area (TPSA) is 84.1 Å². The van der Waals surface area contributed by atoms with Gasteiger partial charge in [0.25, 0.3) is 0 Å². The van der Waals surface area contributed by atoms with E-state index in [2.05, 4.69) is 5.16 Å². The average Bonchev–Trinajstić information content (AvgIpc) is 2.98. The van der Waals surface area contributed by atoms with Crippen LogP contribution in [0.5, 0.6) is 5.75 Å². The zero-order valence-corrected chi connectivity index (χ0v) is 15.1. The Hall–Kier alpha value is -3.28. The predicted octanol–water partition coefficient (Wildman–Crippen LogP) is 3.80. The SMILES string of the molecule is CCCO/N=C(\Cn1cc(CC(=O)O)c2ccccc21)c1cccc(O)c1. The predicted molar refractivity (Wildman–Crippen MR) is 104 cm³/mol. The molecule has 0 unspecified atom stereocenters. The van der Waals surface area contributed by atoms with Crippen LogP contribution in [0.3, 0.4) is 0 Å². The molecule has 0 saturated heterocycles. The summed E-state index contributed by atoms with van der Waals surface area (Å²) in [6.07, 6.45) is 2.64. The minimum absolute atomic E-state index is 0.0432. The fourth-order valence-electron chi connectivity index (χ4n) is 2.99. The lowest BCUT2D eigenvalue weighted by Crippen LogP contribution is -2.12. The van der Waals surface area contributed by atoms with E-state index in [-0.39, 0.29) is 12.2 Å². The van der Waals surface area contributed by atoms with Crippen LogP contribution in [0.15, 0.2) is 59.9 Å². The number of phenolic OH excluding ortho intramolecular Hbond substituents is 1. The molecular weight excluding hydrogens is 344 g/mol. The van der Waals surface area contributed by atoms with Crippen molar-refractivity contribution in [3.63, 3.8) is 0 Å². The number of nitrogens with zero attached hydrogens (tertiary/aromatic N) is 2. The van der Waals surface area contributed by atoms with Crippen molar-refractivity contribution in [1.82, 2.24) is 4.57 Å². The van der Waals surface area contributed by atoms with Gasteiger partial charge in [0.15, 0.2) is 0 Å². The maximum atomic E-state index is 11.2. The van der Waals surface area contributed by atoms with Crippen molar-refractivity contribution < 1.29 is 19.8 Å². The minimum Gasteiger partial charge on any atom is -0.508 e.